The molecule has 0 bridgehead atoms. The van der Waals surface area contributed by atoms with Crippen LogP contribution in [0.25, 0.3) is 0 Å². The molecule has 21 heavy (non-hydrogen) atoms. The fraction of sp³-hybridized carbons (Fsp3) is 0.765. The number of hydrogen-bond acceptors (Lipinski definition) is 4. The smallest absolute Gasteiger partial charge is 0.134 e. The first-order valence-corrected chi connectivity index (χ1v) is 8.46. The van der Waals surface area contributed by atoms with Crippen molar-refractivity contribution in [2.45, 2.75) is 72.8 Å². The molecule has 0 spiro atoms. The predicted octanol–water partition coefficient (Wildman–Crippen LogP) is 4.49. The number of nitrogens with one attached hydrogen (secondary N) is 2. The van der Waals surface area contributed by atoms with E-state index in [1.807, 2.05) is 0 Å². The third-order valence-corrected chi connectivity index (χ3v) is 3.82. The molecule has 4 nitrogen and oxygen atoms in total. The number of hydrogen-bond donors (Lipinski definition) is 2. The molecule has 0 amide bonds. The van der Waals surface area contributed by atoms with Gasteiger partial charge in [0.05, 0.1) is 0 Å². The van der Waals surface area contributed by atoms with Crippen LogP contribution < -0.4 is 10.6 Å². The van der Waals surface area contributed by atoms with Crippen molar-refractivity contribution < 1.29 is 0 Å². The van der Waals surface area contributed by atoms with Crippen LogP contribution in [0, 0.1) is 5.92 Å². The van der Waals surface area contributed by atoms with Crippen molar-refractivity contribution in [3.63, 3.8) is 0 Å². The first-order chi connectivity index (χ1) is 10.1. The van der Waals surface area contributed by atoms with Crippen LogP contribution in [0.15, 0.2) is 6.33 Å². The predicted molar refractivity (Wildman–Crippen MR) is 92.0 cm³/mol. The first-order valence-electron chi connectivity index (χ1n) is 8.46. The molecule has 1 heterocycles. The fourth-order valence-electron chi connectivity index (χ4n) is 2.48. The van der Waals surface area contributed by atoms with Gasteiger partial charge in [0.15, 0.2) is 0 Å². The molecule has 0 aliphatic heterocycles. The topological polar surface area (TPSA) is 49.8 Å². The van der Waals surface area contributed by atoms with E-state index in [9.17, 15) is 0 Å². The molecule has 0 saturated carbocycles. The maximum Gasteiger partial charge on any atom is 0.134 e. The van der Waals surface area contributed by atoms with Crippen molar-refractivity contribution in [3.05, 3.63) is 11.9 Å². The first kappa shape index (κ1) is 17.7. The van der Waals surface area contributed by atoms with Crippen LogP contribution in [-0.4, -0.2) is 22.6 Å². The van der Waals surface area contributed by atoms with E-state index in [0.717, 1.165) is 43.4 Å². The van der Waals surface area contributed by atoms with Gasteiger partial charge in [-0.1, -0.05) is 40.5 Å². The van der Waals surface area contributed by atoms with E-state index in [1.54, 1.807) is 6.33 Å². The number of rotatable bonds is 10. The van der Waals surface area contributed by atoms with E-state index < -0.39 is 0 Å². The van der Waals surface area contributed by atoms with Crippen LogP contribution in [0.5, 0.6) is 0 Å². The van der Waals surface area contributed by atoms with Crippen LogP contribution in [0.3, 0.4) is 0 Å². The van der Waals surface area contributed by atoms with E-state index in [2.05, 4.69) is 55.2 Å². The summed E-state index contributed by atoms with van der Waals surface area (Å²) in [5.74, 6) is 2.73. The summed E-state index contributed by atoms with van der Waals surface area (Å²) < 4.78 is 0. The summed E-state index contributed by atoms with van der Waals surface area (Å²) in [7, 11) is 0. The minimum absolute atomic E-state index is 0.435. The molecule has 0 aromatic carbocycles. The Balaban J connectivity index is 2.84. The molecule has 2 unspecified atom stereocenters. The van der Waals surface area contributed by atoms with Crippen LogP contribution in [-0.2, 0) is 6.42 Å². The molecule has 2 atom stereocenters. The number of nitrogens with zero attached hydrogens (tertiary/aromatic N) is 2. The van der Waals surface area contributed by atoms with Gasteiger partial charge in [-0.2, -0.15) is 0 Å². The lowest BCUT2D eigenvalue weighted by molar-refractivity contribution is 0.483. The van der Waals surface area contributed by atoms with Gasteiger partial charge in [-0.25, -0.2) is 9.97 Å². The summed E-state index contributed by atoms with van der Waals surface area (Å²) in [5.41, 5.74) is 1.23. The van der Waals surface area contributed by atoms with Gasteiger partial charge in [0.2, 0.25) is 0 Å². The standard InChI is InChI=1S/C17H32N4/c1-6-9-15-16(18-10-7-2)19-12-20-17(15)21-14(5)11-13(4)8-3/h12-14H,6-11H2,1-5H3,(H2,18,19,20,21). The molecule has 0 aliphatic rings. The molecule has 1 rings (SSSR count). The van der Waals surface area contributed by atoms with Crippen LogP contribution >= 0.6 is 0 Å². The Labute approximate surface area is 130 Å². The summed E-state index contributed by atoms with van der Waals surface area (Å²) in [6, 6.07) is 0.435. The van der Waals surface area contributed by atoms with Crippen molar-refractivity contribution in [3.8, 4) is 0 Å². The van der Waals surface area contributed by atoms with Gasteiger partial charge >= 0.3 is 0 Å². The van der Waals surface area contributed by atoms with Crippen LogP contribution in [0.1, 0.15) is 65.9 Å². The Hall–Kier alpha value is -1.32. The molecule has 1 aromatic rings. The lowest BCUT2D eigenvalue weighted by atomic mass is 10.00. The van der Waals surface area contributed by atoms with Crippen molar-refractivity contribution in [2.24, 2.45) is 5.92 Å². The maximum atomic E-state index is 4.48. The zero-order valence-corrected chi connectivity index (χ0v) is 14.4. The zero-order chi connectivity index (χ0) is 15.7. The summed E-state index contributed by atoms with van der Waals surface area (Å²) in [4.78, 5) is 8.89. The highest BCUT2D eigenvalue weighted by Crippen LogP contribution is 2.23. The average Bonchev–Trinajstić information content (AvgIpc) is 2.47. The average molecular weight is 292 g/mol. The van der Waals surface area contributed by atoms with Crippen LogP contribution in [0.4, 0.5) is 11.6 Å². The van der Waals surface area contributed by atoms with E-state index in [4.69, 9.17) is 0 Å². The van der Waals surface area contributed by atoms with Gasteiger partial charge < -0.3 is 10.6 Å². The Kier molecular flexibility index (Phi) is 8.09. The Bertz CT molecular complexity index is 406. The van der Waals surface area contributed by atoms with Gasteiger partial charge in [-0.05, 0) is 32.1 Å². The van der Waals surface area contributed by atoms with Gasteiger partial charge in [0.25, 0.3) is 0 Å². The second kappa shape index (κ2) is 9.59. The minimum Gasteiger partial charge on any atom is -0.370 e. The van der Waals surface area contributed by atoms with Gasteiger partial charge in [0.1, 0.15) is 18.0 Å². The van der Waals surface area contributed by atoms with E-state index in [-0.39, 0.29) is 0 Å². The third kappa shape index (κ3) is 5.90. The SMILES string of the molecule is CCCNc1ncnc(NC(C)CC(C)CC)c1CCC. The number of aromatic nitrogens is 2. The van der Waals surface area contributed by atoms with Crippen LogP contribution in [0.2, 0.25) is 0 Å². The molecule has 2 N–H and O–H groups in total. The molecule has 1 aromatic heterocycles. The highest BCUT2D eigenvalue weighted by molar-refractivity contribution is 5.57. The molecule has 4 heteroatoms. The molecular weight excluding hydrogens is 260 g/mol. The summed E-state index contributed by atoms with van der Waals surface area (Å²) in [6.45, 7) is 12.1. The summed E-state index contributed by atoms with van der Waals surface area (Å²) in [6.07, 6.45) is 7.26. The van der Waals surface area contributed by atoms with Gasteiger partial charge in [-0.3, -0.25) is 0 Å². The highest BCUT2D eigenvalue weighted by Gasteiger charge is 2.14. The van der Waals surface area contributed by atoms with Crippen molar-refractivity contribution in [1.29, 1.82) is 0 Å². The lowest BCUT2D eigenvalue weighted by Crippen LogP contribution is -2.21. The zero-order valence-electron chi connectivity index (χ0n) is 14.4. The maximum absolute atomic E-state index is 4.48. The second-order valence-corrected chi connectivity index (χ2v) is 6.02. The van der Waals surface area contributed by atoms with Crippen molar-refractivity contribution >= 4 is 11.6 Å². The Morgan fingerprint density at radius 2 is 1.76 bits per heavy atom. The largest absolute Gasteiger partial charge is 0.370 e. The quantitative estimate of drug-likeness (QED) is 0.667. The lowest BCUT2D eigenvalue weighted by Gasteiger charge is -2.21. The summed E-state index contributed by atoms with van der Waals surface area (Å²) in [5, 5.41) is 7.01. The fourth-order valence-corrected chi connectivity index (χ4v) is 2.48. The monoisotopic (exact) mass is 292 g/mol. The van der Waals surface area contributed by atoms with E-state index in [1.165, 1.54) is 18.4 Å². The molecule has 120 valence electrons. The Morgan fingerprint density at radius 3 is 2.38 bits per heavy atom. The molecule has 0 aliphatic carbocycles. The Morgan fingerprint density at radius 1 is 1.05 bits per heavy atom. The highest BCUT2D eigenvalue weighted by atomic mass is 15.1. The third-order valence-electron chi connectivity index (χ3n) is 3.82. The van der Waals surface area contributed by atoms with Crippen molar-refractivity contribution in [2.75, 3.05) is 17.2 Å². The van der Waals surface area contributed by atoms with Crippen molar-refractivity contribution in [1.82, 2.24) is 9.97 Å². The number of anilines is 2. The molecular formula is C17H32N4. The van der Waals surface area contributed by atoms with E-state index >= 15 is 0 Å². The van der Waals surface area contributed by atoms with Gasteiger partial charge in [-0.15, -0.1) is 0 Å². The molecule has 0 saturated heterocycles. The molecule has 0 radical (unpaired) electrons. The second-order valence-electron chi connectivity index (χ2n) is 6.02. The molecule has 0 fully saturated rings. The van der Waals surface area contributed by atoms with E-state index in [0.29, 0.717) is 6.04 Å². The minimum atomic E-state index is 0.435. The normalized spacial score (nSPS) is 13.8. The van der Waals surface area contributed by atoms with Gasteiger partial charge in [0, 0.05) is 18.2 Å². The summed E-state index contributed by atoms with van der Waals surface area (Å²) >= 11 is 0.